The Labute approximate surface area is 126 Å². The maximum Gasteiger partial charge on any atom is 0.320 e. The minimum atomic E-state index is -0.888. The van der Waals surface area contributed by atoms with Crippen LogP contribution in [-0.4, -0.2) is 35.1 Å². The first-order valence-electron chi connectivity index (χ1n) is 7.72. The molecule has 1 saturated heterocycles. The Morgan fingerprint density at radius 1 is 1.43 bits per heavy atom. The van der Waals surface area contributed by atoms with Gasteiger partial charge in [0.1, 0.15) is 6.04 Å². The quantitative estimate of drug-likeness (QED) is 0.873. The summed E-state index contributed by atoms with van der Waals surface area (Å²) in [4.78, 5) is 13.3. The van der Waals surface area contributed by atoms with Gasteiger partial charge in [0.05, 0.1) is 0 Å². The molecule has 2 rings (SSSR count). The summed E-state index contributed by atoms with van der Waals surface area (Å²) < 4.78 is 0. The number of rotatable bonds is 5. The van der Waals surface area contributed by atoms with Gasteiger partial charge in [0.2, 0.25) is 0 Å². The normalized spacial score (nSPS) is 21.2. The van der Waals surface area contributed by atoms with Crippen molar-refractivity contribution in [3.8, 4) is 0 Å². The molecule has 2 atom stereocenters. The van der Waals surface area contributed by atoms with Crippen LogP contribution in [0.2, 0.25) is 0 Å². The van der Waals surface area contributed by atoms with E-state index in [-0.39, 0.29) is 0 Å². The number of hydrogen-bond acceptors (Lipinski definition) is 3. The molecule has 116 valence electrons. The first-order valence-corrected chi connectivity index (χ1v) is 7.72. The van der Waals surface area contributed by atoms with Gasteiger partial charge in [-0.25, -0.2) is 0 Å². The molecule has 0 amide bonds. The molecule has 0 radical (unpaired) electrons. The number of nitrogens with zero attached hydrogens (tertiary/aromatic N) is 1. The Hall–Kier alpha value is -1.39. The van der Waals surface area contributed by atoms with E-state index in [1.807, 2.05) is 0 Å². The zero-order valence-corrected chi connectivity index (χ0v) is 13.0. The fraction of sp³-hybridized carbons (Fsp3) is 0.588. The number of piperidine rings is 1. The van der Waals surface area contributed by atoms with E-state index >= 15 is 0 Å². The van der Waals surface area contributed by atoms with E-state index in [4.69, 9.17) is 10.8 Å². The Morgan fingerprint density at radius 2 is 2.19 bits per heavy atom. The highest BCUT2D eigenvalue weighted by atomic mass is 16.4. The lowest BCUT2D eigenvalue weighted by Crippen LogP contribution is -2.40. The van der Waals surface area contributed by atoms with Crippen molar-refractivity contribution < 1.29 is 9.90 Å². The zero-order chi connectivity index (χ0) is 15.4. The summed E-state index contributed by atoms with van der Waals surface area (Å²) in [5.74, 6) is -0.488. The van der Waals surface area contributed by atoms with E-state index in [0.717, 1.165) is 32.5 Å². The summed E-state index contributed by atoms with van der Waals surface area (Å²) in [6.45, 7) is 7.26. The van der Waals surface area contributed by atoms with Crippen LogP contribution in [0, 0.1) is 19.8 Å². The standard InChI is InChI=1S/C17H26N2O2/c1-12-5-6-15(8-13(12)2)11-19-7-3-4-14(10-19)9-16(18)17(20)21/h5-6,8,14,16H,3-4,7,9-11,18H2,1-2H3,(H,20,21). The smallest absolute Gasteiger partial charge is 0.320 e. The minimum absolute atomic E-state index is 0.399. The van der Waals surface area contributed by atoms with Crippen molar-refractivity contribution >= 4 is 5.97 Å². The lowest BCUT2D eigenvalue weighted by Gasteiger charge is -2.33. The molecule has 1 aromatic carbocycles. The third-order valence-corrected chi connectivity index (χ3v) is 4.49. The predicted octanol–water partition coefficient (Wildman–Crippen LogP) is 2.32. The molecule has 0 bridgehead atoms. The van der Waals surface area contributed by atoms with E-state index in [1.54, 1.807) is 0 Å². The highest BCUT2D eigenvalue weighted by Crippen LogP contribution is 2.22. The fourth-order valence-corrected chi connectivity index (χ4v) is 3.11. The molecular formula is C17H26N2O2. The van der Waals surface area contributed by atoms with E-state index in [1.165, 1.54) is 16.7 Å². The van der Waals surface area contributed by atoms with E-state index < -0.39 is 12.0 Å². The van der Waals surface area contributed by atoms with Crippen LogP contribution in [0.25, 0.3) is 0 Å². The van der Waals surface area contributed by atoms with Crippen LogP contribution >= 0.6 is 0 Å². The molecule has 0 aromatic heterocycles. The van der Waals surface area contributed by atoms with Crippen molar-refractivity contribution in [2.45, 2.75) is 45.7 Å². The summed E-state index contributed by atoms with van der Waals surface area (Å²) in [6, 6.07) is 5.89. The van der Waals surface area contributed by atoms with Crippen LogP contribution in [0.4, 0.5) is 0 Å². The van der Waals surface area contributed by atoms with Crippen molar-refractivity contribution in [2.24, 2.45) is 11.7 Å². The molecule has 0 spiro atoms. The average Bonchev–Trinajstić information content (AvgIpc) is 2.43. The number of hydrogen-bond donors (Lipinski definition) is 2. The first kappa shape index (κ1) is 16.0. The van der Waals surface area contributed by atoms with Gasteiger partial charge in [-0.15, -0.1) is 0 Å². The largest absolute Gasteiger partial charge is 0.480 e. The molecule has 1 fully saturated rings. The van der Waals surface area contributed by atoms with E-state index in [9.17, 15) is 4.79 Å². The first-order chi connectivity index (χ1) is 9.95. The summed E-state index contributed by atoms with van der Waals surface area (Å²) in [5, 5.41) is 8.93. The highest BCUT2D eigenvalue weighted by molar-refractivity contribution is 5.73. The maximum atomic E-state index is 10.9. The van der Waals surface area contributed by atoms with Gasteiger partial charge in [-0.3, -0.25) is 9.69 Å². The van der Waals surface area contributed by atoms with Crippen LogP contribution in [-0.2, 0) is 11.3 Å². The molecule has 21 heavy (non-hydrogen) atoms. The molecule has 1 aliphatic rings. The Morgan fingerprint density at radius 3 is 2.86 bits per heavy atom. The molecule has 1 aliphatic heterocycles. The van der Waals surface area contributed by atoms with Gasteiger partial charge < -0.3 is 10.8 Å². The second-order valence-corrected chi connectivity index (χ2v) is 6.34. The van der Waals surface area contributed by atoms with Crippen molar-refractivity contribution in [2.75, 3.05) is 13.1 Å². The highest BCUT2D eigenvalue weighted by Gasteiger charge is 2.24. The second-order valence-electron chi connectivity index (χ2n) is 6.34. The molecule has 4 nitrogen and oxygen atoms in total. The minimum Gasteiger partial charge on any atom is -0.480 e. The summed E-state index contributed by atoms with van der Waals surface area (Å²) >= 11 is 0. The Bertz CT molecular complexity index is 502. The van der Waals surface area contributed by atoms with Crippen molar-refractivity contribution in [3.05, 3.63) is 34.9 Å². The number of aliphatic carboxylic acids is 1. The van der Waals surface area contributed by atoms with Crippen LogP contribution in [0.3, 0.4) is 0 Å². The number of benzene rings is 1. The third-order valence-electron chi connectivity index (χ3n) is 4.49. The lowest BCUT2D eigenvalue weighted by molar-refractivity contribution is -0.139. The molecular weight excluding hydrogens is 264 g/mol. The van der Waals surface area contributed by atoms with E-state index in [0.29, 0.717) is 12.3 Å². The molecule has 2 unspecified atom stereocenters. The Balaban J connectivity index is 1.91. The van der Waals surface area contributed by atoms with Crippen molar-refractivity contribution in [1.29, 1.82) is 0 Å². The molecule has 0 aliphatic carbocycles. The topological polar surface area (TPSA) is 66.6 Å². The average molecular weight is 290 g/mol. The maximum absolute atomic E-state index is 10.9. The number of carboxylic acid groups (broad SMARTS) is 1. The molecule has 3 N–H and O–H groups in total. The third kappa shape index (κ3) is 4.55. The lowest BCUT2D eigenvalue weighted by atomic mass is 9.91. The van der Waals surface area contributed by atoms with Crippen LogP contribution in [0.1, 0.15) is 36.0 Å². The second kappa shape index (κ2) is 7.05. The van der Waals surface area contributed by atoms with Crippen LogP contribution < -0.4 is 5.73 Å². The summed E-state index contributed by atoms with van der Waals surface area (Å²) in [6.07, 6.45) is 2.80. The number of likely N-dealkylation sites (tertiary alicyclic amines) is 1. The fourth-order valence-electron chi connectivity index (χ4n) is 3.11. The van der Waals surface area contributed by atoms with Gasteiger partial charge in [-0.1, -0.05) is 18.2 Å². The monoisotopic (exact) mass is 290 g/mol. The van der Waals surface area contributed by atoms with Crippen LogP contribution in [0.5, 0.6) is 0 Å². The SMILES string of the molecule is Cc1ccc(CN2CCCC(CC(N)C(=O)O)C2)cc1C. The zero-order valence-electron chi connectivity index (χ0n) is 13.0. The summed E-state index contributed by atoms with van der Waals surface area (Å²) in [7, 11) is 0. The number of nitrogens with two attached hydrogens (primary N) is 1. The van der Waals surface area contributed by atoms with Crippen molar-refractivity contribution in [3.63, 3.8) is 0 Å². The molecule has 1 aromatic rings. The Kier molecular flexibility index (Phi) is 5.37. The van der Waals surface area contributed by atoms with Crippen molar-refractivity contribution in [1.82, 2.24) is 4.90 Å². The molecule has 4 heteroatoms. The number of carboxylic acids is 1. The van der Waals surface area contributed by atoms with Gasteiger partial charge in [0.25, 0.3) is 0 Å². The van der Waals surface area contributed by atoms with Gasteiger partial charge >= 0.3 is 5.97 Å². The van der Waals surface area contributed by atoms with Gasteiger partial charge in [0, 0.05) is 13.1 Å². The van der Waals surface area contributed by atoms with Gasteiger partial charge in [0.15, 0.2) is 0 Å². The number of aryl methyl sites for hydroxylation is 2. The summed E-state index contributed by atoms with van der Waals surface area (Å²) in [5.41, 5.74) is 9.65. The predicted molar refractivity (Wildman–Crippen MR) is 84.1 cm³/mol. The van der Waals surface area contributed by atoms with Gasteiger partial charge in [-0.05, 0) is 62.3 Å². The molecule has 0 saturated carbocycles. The van der Waals surface area contributed by atoms with Gasteiger partial charge in [-0.2, -0.15) is 0 Å². The number of carbonyl (C=O) groups is 1. The van der Waals surface area contributed by atoms with Crippen LogP contribution in [0.15, 0.2) is 18.2 Å². The van der Waals surface area contributed by atoms with E-state index in [2.05, 4.69) is 36.9 Å². The molecule has 1 heterocycles.